The maximum Gasteiger partial charge on any atom is 0.248 e. The standard InChI is InChI=1S/C13H28N2O2/c1-5-8-15(9-6-2)13(16)12-17-11-10-14(4)7-3/h5-12H2,1-4H3. The third kappa shape index (κ3) is 8.16. The van der Waals surface area contributed by atoms with Crippen LogP contribution in [0.15, 0.2) is 0 Å². The zero-order valence-corrected chi connectivity index (χ0v) is 11.9. The molecule has 0 aliphatic rings. The first-order valence-corrected chi connectivity index (χ1v) is 6.69. The predicted molar refractivity (Wildman–Crippen MR) is 71.2 cm³/mol. The van der Waals surface area contributed by atoms with Gasteiger partial charge in [0.05, 0.1) is 6.61 Å². The number of hydrogen-bond acceptors (Lipinski definition) is 3. The van der Waals surface area contributed by atoms with Crippen molar-refractivity contribution in [2.24, 2.45) is 0 Å². The molecule has 0 aromatic rings. The van der Waals surface area contributed by atoms with E-state index in [0.29, 0.717) is 6.61 Å². The van der Waals surface area contributed by atoms with E-state index < -0.39 is 0 Å². The summed E-state index contributed by atoms with van der Waals surface area (Å²) in [6.07, 6.45) is 2.01. The van der Waals surface area contributed by atoms with E-state index in [1.165, 1.54) is 0 Å². The molecule has 0 atom stereocenters. The number of carbonyl (C=O) groups is 1. The molecule has 0 saturated heterocycles. The predicted octanol–water partition coefficient (Wildman–Crippen LogP) is 1.60. The summed E-state index contributed by atoms with van der Waals surface area (Å²) in [4.78, 5) is 15.9. The highest BCUT2D eigenvalue weighted by Crippen LogP contribution is 1.96. The summed E-state index contributed by atoms with van der Waals surface area (Å²) in [5.41, 5.74) is 0. The summed E-state index contributed by atoms with van der Waals surface area (Å²) in [5, 5.41) is 0. The molecule has 17 heavy (non-hydrogen) atoms. The number of rotatable bonds is 10. The van der Waals surface area contributed by atoms with Crippen LogP contribution >= 0.6 is 0 Å². The quantitative estimate of drug-likeness (QED) is 0.547. The molecule has 0 saturated carbocycles. The lowest BCUT2D eigenvalue weighted by molar-refractivity contribution is -0.136. The minimum Gasteiger partial charge on any atom is -0.370 e. The van der Waals surface area contributed by atoms with E-state index in [2.05, 4.69) is 25.7 Å². The van der Waals surface area contributed by atoms with E-state index in [0.717, 1.165) is 39.0 Å². The molecule has 0 spiro atoms. The summed E-state index contributed by atoms with van der Waals surface area (Å²) < 4.78 is 5.41. The Bertz CT molecular complexity index is 192. The number of hydrogen-bond donors (Lipinski definition) is 0. The van der Waals surface area contributed by atoms with Gasteiger partial charge in [0.2, 0.25) is 5.91 Å². The minimum atomic E-state index is 0.118. The second-order valence-electron chi connectivity index (χ2n) is 4.33. The minimum absolute atomic E-state index is 0.118. The molecule has 0 radical (unpaired) electrons. The van der Waals surface area contributed by atoms with Gasteiger partial charge in [-0.1, -0.05) is 20.8 Å². The highest BCUT2D eigenvalue weighted by molar-refractivity contribution is 5.77. The van der Waals surface area contributed by atoms with Crippen molar-refractivity contribution in [3.05, 3.63) is 0 Å². The molecule has 0 rings (SSSR count). The number of likely N-dealkylation sites (N-methyl/N-ethyl adjacent to an activating group) is 1. The fourth-order valence-corrected chi connectivity index (χ4v) is 1.53. The molecule has 0 aromatic heterocycles. The molecule has 4 nitrogen and oxygen atoms in total. The Morgan fingerprint density at radius 3 is 2.12 bits per heavy atom. The van der Waals surface area contributed by atoms with Crippen molar-refractivity contribution in [2.45, 2.75) is 33.6 Å². The molecule has 4 heteroatoms. The van der Waals surface area contributed by atoms with Gasteiger partial charge in [-0.05, 0) is 26.4 Å². The zero-order valence-electron chi connectivity index (χ0n) is 11.9. The van der Waals surface area contributed by atoms with Crippen LogP contribution in [-0.4, -0.2) is 62.1 Å². The molecule has 0 fully saturated rings. The van der Waals surface area contributed by atoms with Crippen molar-refractivity contribution >= 4 is 5.91 Å². The summed E-state index contributed by atoms with van der Waals surface area (Å²) in [7, 11) is 2.05. The summed E-state index contributed by atoms with van der Waals surface area (Å²) in [6, 6.07) is 0. The van der Waals surface area contributed by atoms with Crippen LogP contribution in [0.1, 0.15) is 33.6 Å². The van der Waals surface area contributed by atoms with E-state index in [9.17, 15) is 4.79 Å². The van der Waals surface area contributed by atoms with Crippen LogP contribution in [0.5, 0.6) is 0 Å². The molecule has 0 aliphatic heterocycles. The summed E-state index contributed by atoms with van der Waals surface area (Å²) in [5.74, 6) is 0.118. The number of amides is 1. The molecule has 0 aliphatic carbocycles. The number of ether oxygens (including phenoxy) is 1. The number of nitrogens with zero attached hydrogens (tertiary/aromatic N) is 2. The van der Waals surface area contributed by atoms with E-state index in [1.807, 2.05) is 11.9 Å². The molecule has 0 N–H and O–H groups in total. The van der Waals surface area contributed by atoms with Crippen molar-refractivity contribution in [3.8, 4) is 0 Å². The van der Waals surface area contributed by atoms with Gasteiger partial charge in [-0.25, -0.2) is 0 Å². The molecular weight excluding hydrogens is 216 g/mol. The van der Waals surface area contributed by atoms with E-state index in [1.54, 1.807) is 0 Å². The van der Waals surface area contributed by atoms with Crippen molar-refractivity contribution in [2.75, 3.05) is 46.4 Å². The lowest BCUT2D eigenvalue weighted by atomic mass is 10.3. The fraction of sp³-hybridized carbons (Fsp3) is 0.923. The van der Waals surface area contributed by atoms with Crippen LogP contribution in [0.2, 0.25) is 0 Å². The van der Waals surface area contributed by atoms with Crippen molar-refractivity contribution < 1.29 is 9.53 Å². The Hall–Kier alpha value is -0.610. The molecule has 0 bridgehead atoms. The molecule has 0 heterocycles. The average molecular weight is 244 g/mol. The molecular formula is C13H28N2O2. The second kappa shape index (κ2) is 10.5. The highest BCUT2D eigenvalue weighted by atomic mass is 16.5. The second-order valence-corrected chi connectivity index (χ2v) is 4.33. The lowest BCUT2D eigenvalue weighted by Gasteiger charge is -2.21. The Morgan fingerprint density at radius 1 is 1.06 bits per heavy atom. The van der Waals surface area contributed by atoms with Gasteiger partial charge < -0.3 is 14.5 Å². The largest absolute Gasteiger partial charge is 0.370 e. The Labute approximate surface area is 106 Å². The van der Waals surface area contributed by atoms with Gasteiger partial charge in [0, 0.05) is 19.6 Å². The highest BCUT2D eigenvalue weighted by Gasteiger charge is 2.11. The molecule has 1 amide bonds. The van der Waals surface area contributed by atoms with Crippen LogP contribution < -0.4 is 0 Å². The van der Waals surface area contributed by atoms with Gasteiger partial charge in [0.15, 0.2) is 0 Å². The normalized spacial score (nSPS) is 10.9. The Kier molecular flexibility index (Phi) is 10.2. The molecule has 0 aromatic carbocycles. The third-order valence-electron chi connectivity index (χ3n) is 2.72. The maximum absolute atomic E-state index is 11.8. The SMILES string of the molecule is CCCN(CCC)C(=O)COCCN(C)CC. The first kappa shape index (κ1) is 16.4. The van der Waals surface area contributed by atoms with Crippen LogP contribution in [0.3, 0.4) is 0 Å². The fourth-order valence-electron chi connectivity index (χ4n) is 1.53. The van der Waals surface area contributed by atoms with Gasteiger partial charge in [-0.3, -0.25) is 4.79 Å². The maximum atomic E-state index is 11.8. The Balaban J connectivity index is 3.73. The van der Waals surface area contributed by atoms with Crippen molar-refractivity contribution in [1.29, 1.82) is 0 Å². The topological polar surface area (TPSA) is 32.8 Å². The van der Waals surface area contributed by atoms with Crippen LogP contribution in [0.25, 0.3) is 0 Å². The van der Waals surface area contributed by atoms with Crippen LogP contribution in [0, 0.1) is 0 Å². The van der Waals surface area contributed by atoms with Gasteiger partial charge in [0.1, 0.15) is 6.61 Å². The monoisotopic (exact) mass is 244 g/mol. The van der Waals surface area contributed by atoms with Crippen molar-refractivity contribution in [1.82, 2.24) is 9.80 Å². The Morgan fingerprint density at radius 2 is 1.65 bits per heavy atom. The van der Waals surface area contributed by atoms with Crippen LogP contribution in [-0.2, 0) is 9.53 Å². The average Bonchev–Trinajstić information content (AvgIpc) is 2.33. The lowest BCUT2D eigenvalue weighted by Crippen LogP contribution is -2.36. The first-order chi connectivity index (χ1) is 8.15. The van der Waals surface area contributed by atoms with E-state index >= 15 is 0 Å². The molecule has 0 unspecified atom stereocenters. The summed E-state index contributed by atoms with van der Waals surface area (Å²) >= 11 is 0. The van der Waals surface area contributed by atoms with Gasteiger partial charge >= 0.3 is 0 Å². The van der Waals surface area contributed by atoms with Crippen LogP contribution in [0.4, 0.5) is 0 Å². The first-order valence-electron chi connectivity index (χ1n) is 6.69. The van der Waals surface area contributed by atoms with Crippen molar-refractivity contribution in [3.63, 3.8) is 0 Å². The van der Waals surface area contributed by atoms with Gasteiger partial charge in [-0.2, -0.15) is 0 Å². The number of carbonyl (C=O) groups excluding carboxylic acids is 1. The van der Waals surface area contributed by atoms with Gasteiger partial charge in [-0.15, -0.1) is 0 Å². The van der Waals surface area contributed by atoms with Gasteiger partial charge in [0.25, 0.3) is 0 Å². The smallest absolute Gasteiger partial charge is 0.248 e. The molecule has 102 valence electrons. The summed E-state index contributed by atoms with van der Waals surface area (Å²) in [6.45, 7) is 10.7. The van der Waals surface area contributed by atoms with E-state index in [-0.39, 0.29) is 12.5 Å². The van der Waals surface area contributed by atoms with E-state index in [4.69, 9.17) is 4.74 Å². The zero-order chi connectivity index (χ0) is 13.1. The third-order valence-corrected chi connectivity index (χ3v) is 2.72.